The van der Waals surface area contributed by atoms with E-state index < -0.39 is 36.3 Å². The summed E-state index contributed by atoms with van der Waals surface area (Å²) < 4.78 is 40.6. The fraction of sp³-hybridized carbons (Fsp3) is 0.250. The van der Waals surface area contributed by atoms with Crippen LogP contribution in [0.3, 0.4) is 0 Å². The molecule has 0 amide bonds. The number of carboxylic acids is 1. The number of halogens is 3. The number of hydrogen-bond donors (Lipinski definition) is 0. The molecule has 0 saturated carbocycles. The summed E-state index contributed by atoms with van der Waals surface area (Å²) in [6.07, 6.45) is -1.99. The van der Waals surface area contributed by atoms with Gasteiger partial charge in [0.05, 0.1) is 5.97 Å². The first-order valence-electron chi connectivity index (χ1n) is 3.78. The van der Waals surface area contributed by atoms with Gasteiger partial charge in [0, 0.05) is 11.8 Å². The van der Waals surface area contributed by atoms with Crippen LogP contribution in [0.5, 0.6) is 5.88 Å². The van der Waals surface area contributed by atoms with Crippen molar-refractivity contribution in [2.75, 3.05) is 6.61 Å². The second kappa shape index (κ2) is 4.63. The summed E-state index contributed by atoms with van der Waals surface area (Å²) in [6.45, 7) is -1.01. The molecule has 0 radical (unpaired) electrons. The molecule has 0 saturated heterocycles. The van der Waals surface area contributed by atoms with Crippen LogP contribution in [0, 0.1) is 5.82 Å². The normalized spacial score (nSPS) is 10.4. The molecule has 82 valence electrons. The molecule has 7 heteroatoms. The molecule has 0 atom stereocenters. The van der Waals surface area contributed by atoms with Gasteiger partial charge < -0.3 is 14.6 Å². The van der Waals surface area contributed by atoms with Crippen molar-refractivity contribution < 1.29 is 27.8 Å². The molecule has 0 aliphatic heterocycles. The average molecular weight is 220 g/mol. The zero-order valence-electron chi connectivity index (χ0n) is 7.25. The second-order valence-electron chi connectivity index (χ2n) is 2.50. The zero-order chi connectivity index (χ0) is 11.4. The Bertz CT molecular complexity index is 370. The van der Waals surface area contributed by atoms with Gasteiger partial charge in [-0.3, -0.25) is 0 Å². The van der Waals surface area contributed by atoms with Crippen molar-refractivity contribution in [2.24, 2.45) is 0 Å². The van der Waals surface area contributed by atoms with E-state index in [2.05, 4.69) is 9.72 Å². The Morgan fingerprint density at radius 1 is 1.60 bits per heavy atom. The Morgan fingerprint density at radius 2 is 2.27 bits per heavy atom. The van der Waals surface area contributed by atoms with E-state index >= 15 is 0 Å². The highest BCUT2D eigenvalue weighted by Crippen LogP contribution is 2.14. The van der Waals surface area contributed by atoms with Gasteiger partial charge in [0.25, 0.3) is 12.3 Å². The summed E-state index contributed by atoms with van der Waals surface area (Å²) in [5, 5.41) is 10.3. The maximum absolute atomic E-state index is 12.9. The first-order valence-corrected chi connectivity index (χ1v) is 3.78. The van der Waals surface area contributed by atoms with Gasteiger partial charge in [-0.2, -0.15) is 0 Å². The van der Waals surface area contributed by atoms with Crippen LogP contribution in [-0.2, 0) is 0 Å². The highest BCUT2D eigenvalue weighted by molar-refractivity contribution is 5.85. The third-order valence-electron chi connectivity index (χ3n) is 1.39. The van der Waals surface area contributed by atoms with E-state index in [9.17, 15) is 23.1 Å². The number of alkyl halides is 2. The summed E-state index contributed by atoms with van der Waals surface area (Å²) in [6, 6.07) is 0.586. The lowest BCUT2D eigenvalue weighted by Gasteiger charge is -2.07. The fourth-order valence-electron chi connectivity index (χ4n) is 0.785. The number of carbonyl (C=O) groups is 1. The van der Waals surface area contributed by atoms with Gasteiger partial charge in [0.1, 0.15) is 0 Å². The van der Waals surface area contributed by atoms with Crippen molar-refractivity contribution in [3.8, 4) is 5.88 Å². The first-order chi connectivity index (χ1) is 7.00. The van der Waals surface area contributed by atoms with E-state index in [1.165, 1.54) is 0 Å². The first kappa shape index (κ1) is 11.3. The smallest absolute Gasteiger partial charge is 0.272 e. The maximum Gasteiger partial charge on any atom is 0.272 e. The molecule has 1 aromatic rings. The number of aromatic nitrogens is 1. The topological polar surface area (TPSA) is 62.2 Å². The lowest BCUT2D eigenvalue weighted by Crippen LogP contribution is -2.22. The van der Waals surface area contributed by atoms with Crippen molar-refractivity contribution in [1.82, 2.24) is 4.98 Å². The van der Waals surface area contributed by atoms with Crippen LogP contribution >= 0.6 is 0 Å². The molecule has 0 spiro atoms. The van der Waals surface area contributed by atoms with Gasteiger partial charge in [-0.25, -0.2) is 18.2 Å². The number of aromatic carboxylic acids is 1. The van der Waals surface area contributed by atoms with Gasteiger partial charge >= 0.3 is 0 Å². The standard InChI is InChI=1S/C8H6F3NO3/c9-5-1-4(8(13)14)2-12-7(5)15-3-6(10)11/h1-2,6H,3H2,(H,13,14)/p-1. The summed E-state index contributed by atoms with van der Waals surface area (Å²) in [5.41, 5.74) is -0.489. The molecule has 1 heterocycles. The Hall–Kier alpha value is -1.79. The van der Waals surface area contributed by atoms with Gasteiger partial charge in [-0.15, -0.1) is 0 Å². The summed E-state index contributed by atoms with van der Waals surface area (Å²) in [5.74, 6) is -3.40. The van der Waals surface area contributed by atoms with Crippen LogP contribution in [0.4, 0.5) is 13.2 Å². The minimum atomic E-state index is -2.76. The van der Waals surface area contributed by atoms with Crippen LogP contribution in [0.2, 0.25) is 0 Å². The van der Waals surface area contributed by atoms with E-state index in [4.69, 9.17) is 0 Å². The zero-order valence-corrected chi connectivity index (χ0v) is 7.25. The second-order valence-corrected chi connectivity index (χ2v) is 2.50. The molecule has 0 fully saturated rings. The largest absolute Gasteiger partial charge is 0.545 e. The van der Waals surface area contributed by atoms with Crippen LogP contribution in [-0.4, -0.2) is 24.0 Å². The number of hydrogen-bond acceptors (Lipinski definition) is 4. The lowest BCUT2D eigenvalue weighted by atomic mass is 10.3. The molecule has 0 aromatic carbocycles. The molecule has 0 unspecified atom stereocenters. The Balaban J connectivity index is 2.79. The lowest BCUT2D eigenvalue weighted by molar-refractivity contribution is -0.255. The van der Waals surface area contributed by atoms with Crippen molar-refractivity contribution in [3.05, 3.63) is 23.6 Å². The molecule has 0 aliphatic carbocycles. The van der Waals surface area contributed by atoms with Crippen LogP contribution in [0.15, 0.2) is 12.3 Å². The number of carbonyl (C=O) groups excluding carboxylic acids is 1. The quantitative estimate of drug-likeness (QED) is 0.728. The van der Waals surface area contributed by atoms with E-state index in [1.807, 2.05) is 0 Å². The maximum atomic E-state index is 12.9. The SMILES string of the molecule is O=C([O-])c1cnc(OCC(F)F)c(F)c1. The van der Waals surface area contributed by atoms with Gasteiger partial charge in [-0.05, 0) is 6.07 Å². The van der Waals surface area contributed by atoms with E-state index in [1.54, 1.807) is 0 Å². The highest BCUT2D eigenvalue weighted by atomic mass is 19.3. The Kier molecular flexibility index (Phi) is 3.48. The highest BCUT2D eigenvalue weighted by Gasteiger charge is 2.10. The number of nitrogens with zero attached hydrogens (tertiary/aromatic N) is 1. The Morgan fingerprint density at radius 3 is 2.73 bits per heavy atom. The van der Waals surface area contributed by atoms with Crippen molar-refractivity contribution in [2.45, 2.75) is 6.43 Å². The molecular weight excluding hydrogens is 215 g/mol. The molecule has 0 N–H and O–H groups in total. The molecular formula is C8H5F3NO3-. The monoisotopic (exact) mass is 220 g/mol. The molecule has 0 bridgehead atoms. The van der Waals surface area contributed by atoms with Gasteiger partial charge in [0.2, 0.25) is 0 Å². The van der Waals surface area contributed by atoms with E-state index in [0.717, 1.165) is 6.20 Å². The third kappa shape index (κ3) is 3.12. The number of pyridine rings is 1. The molecule has 15 heavy (non-hydrogen) atoms. The fourth-order valence-corrected chi connectivity index (χ4v) is 0.785. The summed E-state index contributed by atoms with van der Waals surface area (Å²) in [4.78, 5) is 13.5. The molecule has 1 aromatic heterocycles. The minimum Gasteiger partial charge on any atom is -0.545 e. The van der Waals surface area contributed by atoms with Crippen LogP contribution in [0.25, 0.3) is 0 Å². The van der Waals surface area contributed by atoms with Crippen molar-refractivity contribution in [1.29, 1.82) is 0 Å². The Labute approximate surface area is 82.3 Å². The third-order valence-corrected chi connectivity index (χ3v) is 1.39. The molecule has 1 rings (SSSR count). The van der Waals surface area contributed by atoms with Gasteiger partial charge in [0.15, 0.2) is 12.4 Å². The van der Waals surface area contributed by atoms with Crippen molar-refractivity contribution >= 4 is 5.97 Å². The summed E-state index contributed by atoms with van der Waals surface area (Å²) in [7, 11) is 0. The van der Waals surface area contributed by atoms with Gasteiger partial charge in [-0.1, -0.05) is 0 Å². The average Bonchev–Trinajstić information content (AvgIpc) is 2.15. The number of rotatable bonds is 4. The summed E-state index contributed by atoms with van der Waals surface area (Å²) >= 11 is 0. The van der Waals surface area contributed by atoms with Crippen LogP contribution in [0.1, 0.15) is 10.4 Å². The molecule has 0 aliphatic rings. The number of ether oxygens (including phenoxy) is 1. The van der Waals surface area contributed by atoms with E-state index in [0.29, 0.717) is 6.07 Å². The predicted octanol–water partition coefficient (Wildman–Crippen LogP) is 0.228. The minimum absolute atomic E-state index is 0.489. The predicted molar refractivity (Wildman–Crippen MR) is 40.0 cm³/mol. The molecule has 4 nitrogen and oxygen atoms in total. The number of carboxylic acid groups (broad SMARTS) is 1. The van der Waals surface area contributed by atoms with Crippen molar-refractivity contribution in [3.63, 3.8) is 0 Å². The van der Waals surface area contributed by atoms with E-state index in [-0.39, 0.29) is 0 Å². The van der Waals surface area contributed by atoms with Crippen LogP contribution < -0.4 is 9.84 Å².